The van der Waals surface area contributed by atoms with Crippen LogP contribution in [0.4, 0.5) is 17.6 Å². The van der Waals surface area contributed by atoms with Gasteiger partial charge in [0.05, 0.1) is 6.54 Å². The van der Waals surface area contributed by atoms with Crippen LogP contribution in [-0.4, -0.2) is 50.9 Å². The molecule has 3 aromatic rings. The lowest BCUT2D eigenvalue weighted by molar-refractivity contribution is 0.120. The summed E-state index contributed by atoms with van der Waals surface area (Å²) < 4.78 is 0. The lowest BCUT2D eigenvalue weighted by Gasteiger charge is -2.34. The van der Waals surface area contributed by atoms with Crippen molar-refractivity contribution in [2.45, 2.75) is 13.1 Å². The molecule has 4 rings (SSSR count). The molecule has 1 aliphatic rings. The Labute approximate surface area is 175 Å². The molecule has 1 saturated heterocycles. The van der Waals surface area contributed by atoms with Gasteiger partial charge < -0.3 is 11.1 Å². The van der Waals surface area contributed by atoms with Gasteiger partial charge in [0.15, 0.2) is 0 Å². The molecule has 1 aromatic heterocycles. The maximum atomic E-state index is 6.04. The van der Waals surface area contributed by atoms with Gasteiger partial charge in [0.25, 0.3) is 0 Å². The van der Waals surface area contributed by atoms with Crippen LogP contribution >= 0.6 is 11.6 Å². The van der Waals surface area contributed by atoms with E-state index < -0.39 is 0 Å². The molecule has 0 bridgehead atoms. The summed E-state index contributed by atoms with van der Waals surface area (Å²) in [5.74, 6) is 1.30. The molecule has 0 spiro atoms. The normalized spacial score (nSPS) is 15.3. The molecule has 0 aliphatic carbocycles. The summed E-state index contributed by atoms with van der Waals surface area (Å²) in [5.41, 5.74) is 8.06. The van der Waals surface area contributed by atoms with Crippen molar-refractivity contribution in [1.82, 2.24) is 24.8 Å². The average Bonchev–Trinajstić information content (AvgIpc) is 2.70. The second kappa shape index (κ2) is 9.17. The van der Waals surface area contributed by atoms with Crippen LogP contribution in [-0.2, 0) is 13.1 Å². The fourth-order valence-corrected chi connectivity index (χ4v) is 3.60. The molecule has 150 valence electrons. The van der Waals surface area contributed by atoms with Gasteiger partial charge in [0, 0.05) is 43.4 Å². The van der Waals surface area contributed by atoms with Crippen molar-refractivity contribution in [1.29, 1.82) is 0 Å². The molecule has 29 heavy (non-hydrogen) atoms. The molecule has 0 atom stereocenters. The lowest BCUT2D eigenvalue weighted by Crippen LogP contribution is -2.45. The number of rotatable bonds is 6. The van der Waals surface area contributed by atoms with Crippen molar-refractivity contribution in [2.24, 2.45) is 0 Å². The lowest BCUT2D eigenvalue weighted by atomic mass is 10.2. The Morgan fingerprint density at radius 2 is 1.59 bits per heavy atom. The molecule has 0 saturated carbocycles. The minimum Gasteiger partial charge on any atom is -0.368 e. The first-order valence-corrected chi connectivity index (χ1v) is 10.0. The molecule has 2 aromatic carbocycles. The fraction of sp³-hybridized carbons (Fsp3) is 0.286. The van der Waals surface area contributed by atoms with Gasteiger partial charge in [-0.05, 0) is 23.8 Å². The third-order valence-electron chi connectivity index (χ3n) is 4.86. The minimum atomic E-state index is 0.210. The van der Waals surface area contributed by atoms with Crippen molar-refractivity contribution >= 4 is 29.2 Å². The third kappa shape index (κ3) is 5.63. The van der Waals surface area contributed by atoms with E-state index >= 15 is 0 Å². The Bertz CT molecular complexity index is 943. The van der Waals surface area contributed by atoms with E-state index in [4.69, 9.17) is 17.3 Å². The van der Waals surface area contributed by atoms with Gasteiger partial charge in [-0.3, -0.25) is 9.80 Å². The predicted octanol–water partition coefficient (Wildman–Crippen LogP) is 3.17. The van der Waals surface area contributed by atoms with Crippen LogP contribution in [0.2, 0.25) is 5.02 Å². The molecular formula is C21H24ClN7. The summed E-state index contributed by atoms with van der Waals surface area (Å²) in [6.45, 7) is 5.61. The Morgan fingerprint density at radius 1 is 0.862 bits per heavy atom. The first-order valence-electron chi connectivity index (χ1n) is 9.66. The van der Waals surface area contributed by atoms with E-state index in [-0.39, 0.29) is 5.95 Å². The van der Waals surface area contributed by atoms with Gasteiger partial charge in [-0.25, -0.2) is 0 Å². The number of hydrogen-bond acceptors (Lipinski definition) is 7. The zero-order valence-electron chi connectivity index (χ0n) is 16.1. The molecular weight excluding hydrogens is 386 g/mol. The highest BCUT2D eigenvalue weighted by molar-refractivity contribution is 6.30. The van der Waals surface area contributed by atoms with E-state index in [9.17, 15) is 0 Å². The number of nitrogens with one attached hydrogen (secondary N) is 1. The van der Waals surface area contributed by atoms with Crippen LogP contribution < -0.4 is 11.1 Å². The Hall–Kier alpha value is -2.74. The van der Waals surface area contributed by atoms with Crippen molar-refractivity contribution in [3.05, 3.63) is 71.0 Å². The smallest absolute Gasteiger partial charge is 0.232 e. The highest BCUT2D eigenvalue weighted by atomic mass is 35.5. The van der Waals surface area contributed by atoms with Gasteiger partial charge >= 0.3 is 0 Å². The fourth-order valence-electron chi connectivity index (χ4n) is 3.41. The monoisotopic (exact) mass is 409 g/mol. The third-order valence-corrected chi connectivity index (χ3v) is 5.09. The highest BCUT2D eigenvalue weighted by Gasteiger charge is 2.18. The second-order valence-electron chi connectivity index (χ2n) is 7.11. The van der Waals surface area contributed by atoms with E-state index in [2.05, 4.69) is 60.4 Å². The zero-order chi connectivity index (χ0) is 20.1. The number of anilines is 3. The summed E-state index contributed by atoms with van der Waals surface area (Å²) in [6.07, 6.45) is 0. The quantitative estimate of drug-likeness (QED) is 0.646. The second-order valence-corrected chi connectivity index (χ2v) is 7.54. The molecule has 1 aliphatic heterocycles. The summed E-state index contributed by atoms with van der Waals surface area (Å²) in [7, 11) is 0. The number of aromatic nitrogens is 3. The summed E-state index contributed by atoms with van der Waals surface area (Å²) in [4.78, 5) is 17.8. The predicted molar refractivity (Wildman–Crippen MR) is 116 cm³/mol. The zero-order valence-corrected chi connectivity index (χ0v) is 16.9. The van der Waals surface area contributed by atoms with Crippen LogP contribution in [0.5, 0.6) is 0 Å². The number of piperazine rings is 1. The van der Waals surface area contributed by atoms with Crippen LogP contribution in [0.1, 0.15) is 11.4 Å². The summed E-state index contributed by atoms with van der Waals surface area (Å²) in [5, 5.41) is 3.79. The number of nitrogen functional groups attached to an aromatic ring is 1. The van der Waals surface area contributed by atoms with Gasteiger partial charge in [-0.15, -0.1) is 0 Å². The molecule has 7 nitrogen and oxygen atoms in total. The van der Waals surface area contributed by atoms with E-state index in [1.807, 2.05) is 24.3 Å². The topological polar surface area (TPSA) is 83.2 Å². The Kier molecular flexibility index (Phi) is 6.19. The molecule has 8 heteroatoms. The Balaban J connectivity index is 1.34. The number of benzene rings is 2. The molecule has 3 N–H and O–H groups in total. The van der Waals surface area contributed by atoms with Gasteiger partial charge in [0.2, 0.25) is 11.9 Å². The van der Waals surface area contributed by atoms with Gasteiger partial charge in [-0.2, -0.15) is 15.0 Å². The highest BCUT2D eigenvalue weighted by Crippen LogP contribution is 2.18. The minimum absolute atomic E-state index is 0.210. The van der Waals surface area contributed by atoms with E-state index in [1.54, 1.807) is 0 Å². The maximum absolute atomic E-state index is 6.04. The Morgan fingerprint density at radius 3 is 2.31 bits per heavy atom. The molecule has 0 unspecified atom stereocenters. The van der Waals surface area contributed by atoms with Crippen molar-refractivity contribution in [2.75, 3.05) is 37.2 Å². The summed E-state index contributed by atoms with van der Waals surface area (Å²) >= 11 is 6.04. The van der Waals surface area contributed by atoms with E-state index in [1.165, 1.54) is 5.56 Å². The number of halogens is 1. The van der Waals surface area contributed by atoms with Crippen LogP contribution in [0.15, 0.2) is 54.6 Å². The number of nitrogens with zero attached hydrogens (tertiary/aromatic N) is 5. The van der Waals surface area contributed by atoms with Gasteiger partial charge in [-0.1, -0.05) is 48.0 Å². The van der Waals surface area contributed by atoms with Crippen molar-refractivity contribution < 1.29 is 0 Å². The SMILES string of the molecule is Nc1nc(CN2CCN(Cc3ccccc3)CC2)nc(Nc2cccc(Cl)c2)n1. The van der Waals surface area contributed by atoms with Gasteiger partial charge in [0.1, 0.15) is 5.82 Å². The average molecular weight is 410 g/mol. The maximum Gasteiger partial charge on any atom is 0.232 e. The first kappa shape index (κ1) is 19.6. The van der Waals surface area contributed by atoms with E-state index in [0.29, 0.717) is 23.3 Å². The van der Waals surface area contributed by atoms with Crippen molar-refractivity contribution in [3.8, 4) is 0 Å². The van der Waals surface area contributed by atoms with Crippen LogP contribution in [0.25, 0.3) is 0 Å². The first-order chi connectivity index (χ1) is 14.1. The molecule has 0 radical (unpaired) electrons. The number of nitrogens with two attached hydrogens (primary N) is 1. The van der Waals surface area contributed by atoms with Crippen LogP contribution in [0.3, 0.4) is 0 Å². The molecule has 0 amide bonds. The van der Waals surface area contributed by atoms with E-state index in [0.717, 1.165) is 38.4 Å². The largest absolute Gasteiger partial charge is 0.368 e. The van der Waals surface area contributed by atoms with Crippen LogP contribution in [0, 0.1) is 0 Å². The number of hydrogen-bond donors (Lipinski definition) is 2. The van der Waals surface area contributed by atoms with Crippen molar-refractivity contribution in [3.63, 3.8) is 0 Å². The molecule has 1 fully saturated rings. The summed E-state index contributed by atoms with van der Waals surface area (Å²) in [6, 6.07) is 18.0. The molecule has 2 heterocycles. The standard InChI is InChI=1S/C21H24ClN7/c22-17-7-4-8-18(13-17)24-21-26-19(25-20(23)27-21)15-29-11-9-28(10-12-29)14-16-5-2-1-3-6-16/h1-8,13H,9-12,14-15H2,(H3,23,24,25,26,27).